The second-order valence-corrected chi connectivity index (χ2v) is 19.2. The van der Waals surface area contributed by atoms with Gasteiger partial charge in [0.1, 0.15) is 22.5 Å². The third-order valence-electron chi connectivity index (χ3n) is 10.6. The summed E-state index contributed by atoms with van der Waals surface area (Å²) in [7, 11) is 0. The minimum atomic E-state index is -1.04. The van der Waals surface area contributed by atoms with Crippen LogP contribution in [-0.4, -0.2) is 34.9 Å². The standard InChI is InChI=1S/C49H49Cl6N5O4S/c1-3-4-5-6-7-8-9-10-11-12-23-41(64-40-22-15-13-18-30(40)2)47(61)58-38-21-14-16-24-42(38)65-45-46(59-60(49(45)63)44-36(54)27-31(50)28-37(44)55)57-39-29-32(25-26-33(39)51)56-48(62)43-34(52)19-17-20-35(43)53/h13-22,24-29,41,45H,3-12,23H2,1-2H3,(H,56,62)(H,57,59)(H,58,61). The predicted molar refractivity (Wildman–Crippen MR) is 272 cm³/mol. The lowest BCUT2D eigenvalue weighted by atomic mass is 10.0. The molecule has 0 spiro atoms. The normalized spacial score (nSPS) is 14.6. The molecule has 6 rings (SSSR count). The zero-order chi connectivity index (χ0) is 46.5. The summed E-state index contributed by atoms with van der Waals surface area (Å²) in [5, 5.41) is 7.15. The van der Waals surface area contributed by atoms with Gasteiger partial charge in [-0.3, -0.25) is 19.8 Å². The minimum absolute atomic E-state index is 0.100. The zero-order valence-corrected chi connectivity index (χ0v) is 41.2. The van der Waals surface area contributed by atoms with Crippen molar-refractivity contribution in [3.63, 3.8) is 0 Å². The van der Waals surface area contributed by atoms with E-state index in [-0.39, 0.29) is 58.8 Å². The van der Waals surface area contributed by atoms with Crippen LogP contribution in [0.25, 0.3) is 0 Å². The van der Waals surface area contributed by atoms with Crippen LogP contribution in [0.1, 0.15) is 93.5 Å². The molecule has 65 heavy (non-hydrogen) atoms. The number of amides is 3. The van der Waals surface area contributed by atoms with Gasteiger partial charge in [-0.15, -0.1) is 11.8 Å². The maximum absolute atomic E-state index is 14.6. The number of carbonyl (C=O) groups is 3. The van der Waals surface area contributed by atoms with Gasteiger partial charge < -0.3 is 15.4 Å². The number of amidine groups is 1. The summed E-state index contributed by atoms with van der Waals surface area (Å²) in [4.78, 5) is 47.5. The van der Waals surface area contributed by atoms with Crippen molar-refractivity contribution in [1.29, 1.82) is 0 Å². The number of para-hydroxylation sites is 2. The van der Waals surface area contributed by atoms with E-state index in [0.29, 0.717) is 28.4 Å². The molecule has 1 aliphatic rings. The number of aryl methyl sites for hydroxylation is 1. The molecule has 16 heteroatoms. The number of unbranched alkanes of at least 4 members (excludes halogenated alkanes) is 9. The molecule has 0 saturated carbocycles. The first-order valence-corrected chi connectivity index (χ1v) is 24.7. The molecule has 3 amide bonds. The Hall–Kier alpha value is -4.13. The smallest absolute Gasteiger partial charge is 0.267 e. The number of rotatable bonds is 21. The fraction of sp³-hybridized carbons (Fsp3) is 0.306. The summed E-state index contributed by atoms with van der Waals surface area (Å²) in [6, 6.07) is 27.2. The molecule has 9 nitrogen and oxygen atoms in total. The van der Waals surface area contributed by atoms with Gasteiger partial charge in [-0.25, -0.2) is 10.0 Å². The molecule has 1 saturated heterocycles. The van der Waals surface area contributed by atoms with Gasteiger partial charge in [-0.1, -0.05) is 171 Å². The SMILES string of the molecule is CCCCCCCCCCCCC(Oc1ccccc1C)C(=O)Nc1ccccc1SC1C(=O)N(c2c(Cl)cc(Cl)cc2Cl)NC1=Nc1cc(NC(=O)c2c(Cl)cccc2Cl)ccc1Cl. The fourth-order valence-electron chi connectivity index (χ4n) is 7.20. The summed E-state index contributed by atoms with van der Waals surface area (Å²) >= 11 is 40.0. The summed E-state index contributed by atoms with van der Waals surface area (Å²) in [5.74, 6) is -0.537. The van der Waals surface area contributed by atoms with Gasteiger partial charge in [0.2, 0.25) is 0 Å². The molecule has 0 aromatic heterocycles. The molecule has 0 aliphatic carbocycles. The quantitative estimate of drug-likeness (QED) is 0.0631. The number of ether oxygens (including phenoxy) is 1. The largest absolute Gasteiger partial charge is 0.480 e. The van der Waals surface area contributed by atoms with Crippen LogP contribution in [0.5, 0.6) is 5.75 Å². The third-order valence-corrected chi connectivity index (χ3v) is 13.6. The average molecular weight is 1020 g/mol. The Kier molecular flexibility index (Phi) is 19.0. The second kappa shape index (κ2) is 24.6. The first-order valence-electron chi connectivity index (χ1n) is 21.5. The molecule has 0 radical (unpaired) electrons. The van der Waals surface area contributed by atoms with Crippen molar-refractivity contribution in [3.8, 4) is 5.75 Å². The lowest BCUT2D eigenvalue weighted by Gasteiger charge is -2.21. The summed E-state index contributed by atoms with van der Waals surface area (Å²) in [6.07, 6.45) is 11.5. The number of carbonyl (C=O) groups excluding carboxylic acids is 3. The topological polar surface area (TPSA) is 112 Å². The number of thioether (sulfide) groups is 1. The van der Waals surface area contributed by atoms with Crippen LogP contribution < -0.4 is 25.8 Å². The Balaban J connectivity index is 1.26. The molecular formula is C49H49Cl6N5O4S. The maximum atomic E-state index is 14.6. The summed E-state index contributed by atoms with van der Waals surface area (Å²) in [5.41, 5.74) is 5.28. The molecule has 1 heterocycles. The Bertz CT molecular complexity index is 2480. The van der Waals surface area contributed by atoms with Crippen molar-refractivity contribution in [2.75, 3.05) is 15.6 Å². The predicted octanol–water partition coefficient (Wildman–Crippen LogP) is 15.6. The number of anilines is 3. The number of halogens is 6. The van der Waals surface area contributed by atoms with E-state index >= 15 is 0 Å². The van der Waals surface area contributed by atoms with Gasteiger partial charge >= 0.3 is 0 Å². The molecule has 0 bridgehead atoms. The second-order valence-electron chi connectivity index (χ2n) is 15.5. The zero-order valence-electron chi connectivity index (χ0n) is 35.9. The number of hydrogen-bond acceptors (Lipinski definition) is 6. The molecule has 5 aromatic rings. The van der Waals surface area contributed by atoms with Crippen LogP contribution in [0, 0.1) is 6.92 Å². The average Bonchev–Trinajstić information content (AvgIpc) is 3.55. The maximum Gasteiger partial charge on any atom is 0.267 e. The Morgan fingerprint density at radius 1 is 0.738 bits per heavy atom. The van der Waals surface area contributed by atoms with Crippen LogP contribution in [0.2, 0.25) is 30.1 Å². The van der Waals surface area contributed by atoms with Crippen molar-refractivity contribution in [2.24, 2.45) is 4.99 Å². The van der Waals surface area contributed by atoms with E-state index in [4.69, 9.17) is 79.3 Å². The van der Waals surface area contributed by atoms with E-state index in [1.165, 1.54) is 62.1 Å². The Morgan fingerprint density at radius 2 is 1.37 bits per heavy atom. The highest BCUT2D eigenvalue weighted by Crippen LogP contribution is 2.42. The molecule has 342 valence electrons. The van der Waals surface area contributed by atoms with E-state index in [9.17, 15) is 14.4 Å². The molecular weight excluding hydrogens is 967 g/mol. The highest BCUT2D eigenvalue weighted by Gasteiger charge is 2.41. The van der Waals surface area contributed by atoms with Crippen molar-refractivity contribution in [1.82, 2.24) is 5.43 Å². The fourth-order valence-corrected chi connectivity index (χ4v) is 9.99. The first kappa shape index (κ1) is 50.3. The van der Waals surface area contributed by atoms with E-state index in [1.54, 1.807) is 54.6 Å². The third kappa shape index (κ3) is 13.7. The van der Waals surface area contributed by atoms with E-state index in [1.807, 2.05) is 37.3 Å². The van der Waals surface area contributed by atoms with Crippen LogP contribution in [0.4, 0.5) is 22.7 Å². The number of hydrogen-bond donors (Lipinski definition) is 3. The number of hydrazine groups is 1. The van der Waals surface area contributed by atoms with Crippen molar-refractivity contribution in [2.45, 2.75) is 101 Å². The lowest BCUT2D eigenvalue weighted by molar-refractivity contribution is -0.123. The van der Waals surface area contributed by atoms with Gasteiger partial charge in [0, 0.05) is 15.6 Å². The number of nitrogens with one attached hydrogen (secondary N) is 3. The van der Waals surface area contributed by atoms with Crippen LogP contribution in [0.15, 0.2) is 107 Å². The molecule has 1 aliphatic heterocycles. The summed E-state index contributed by atoms with van der Waals surface area (Å²) < 4.78 is 6.42. The Labute approximate surface area is 414 Å². The minimum Gasteiger partial charge on any atom is -0.480 e. The van der Waals surface area contributed by atoms with Gasteiger partial charge in [0.15, 0.2) is 6.10 Å². The molecule has 2 unspecified atom stereocenters. The lowest BCUT2D eigenvalue weighted by Crippen LogP contribution is -2.36. The molecule has 3 N–H and O–H groups in total. The number of nitrogens with zero attached hydrogens (tertiary/aromatic N) is 2. The van der Waals surface area contributed by atoms with Crippen molar-refractivity contribution in [3.05, 3.63) is 138 Å². The molecule has 5 aromatic carbocycles. The molecule has 1 fully saturated rings. The number of benzene rings is 5. The van der Waals surface area contributed by atoms with Crippen LogP contribution in [-0.2, 0) is 9.59 Å². The van der Waals surface area contributed by atoms with Crippen molar-refractivity contribution < 1.29 is 19.1 Å². The van der Waals surface area contributed by atoms with Crippen LogP contribution >= 0.6 is 81.4 Å². The first-order chi connectivity index (χ1) is 31.3. The number of aliphatic imine (C=N–C) groups is 1. The highest BCUT2D eigenvalue weighted by molar-refractivity contribution is 8.01. The van der Waals surface area contributed by atoms with Crippen molar-refractivity contribution >= 4 is 128 Å². The van der Waals surface area contributed by atoms with Gasteiger partial charge in [0.05, 0.1) is 42.1 Å². The van der Waals surface area contributed by atoms with E-state index in [0.717, 1.165) is 36.6 Å². The van der Waals surface area contributed by atoms with Gasteiger partial charge in [-0.2, -0.15) is 0 Å². The van der Waals surface area contributed by atoms with E-state index < -0.39 is 23.2 Å². The summed E-state index contributed by atoms with van der Waals surface area (Å²) in [6.45, 7) is 4.18. The van der Waals surface area contributed by atoms with E-state index in [2.05, 4.69) is 23.0 Å². The molecule has 2 atom stereocenters. The van der Waals surface area contributed by atoms with Crippen LogP contribution in [0.3, 0.4) is 0 Å². The Morgan fingerprint density at radius 3 is 2.05 bits per heavy atom. The monoisotopic (exact) mass is 1010 g/mol. The van der Waals surface area contributed by atoms with Gasteiger partial charge in [-0.05, 0) is 86.0 Å². The van der Waals surface area contributed by atoms with Gasteiger partial charge in [0.25, 0.3) is 17.7 Å². The highest BCUT2D eigenvalue weighted by atomic mass is 35.5.